The molecule has 0 N–H and O–H groups in total. The average Bonchev–Trinajstić information content (AvgIpc) is 2.59. The van der Waals surface area contributed by atoms with E-state index in [1.807, 2.05) is 6.92 Å². The van der Waals surface area contributed by atoms with Gasteiger partial charge in [-0.3, -0.25) is 4.79 Å². The highest BCUT2D eigenvalue weighted by Gasteiger charge is 2.22. The highest BCUT2D eigenvalue weighted by molar-refractivity contribution is 5.85. The fourth-order valence-corrected chi connectivity index (χ4v) is 3.28. The first-order chi connectivity index (χ1) is 11.2. The predicted molar refractivity (Wildman–Crippen MR) is 95.9 cm³/mol. The van der Waals surface area contributed by atoms with Crippen LogP contribution in [0.2, 0.25) is 0 Å². The van der Waals surface area contributed by atoms with Gasteiger partial charge < -0.3 is 4.74 Å². The van der Waals surface area contributed by atoms with Crippen molar-refractivity contribution in [1.29, 1.82) is 0 Å². The molecule has 2 unspecified atom stereocenters. The van der Waals surface area contributed by atoms with E-state index in [-0.39, 0.29) is 12.0 Å². The molecule has 0 spiro atoms. The molecule has 0 aromatic heterocycles. The molecule has 1 aromatic rings. The number of hydrogen-bond acceptors (Lipinski definition) is 2. The molecule has 1 fully saturated rings. The summed E-state index contributed by atoms with van der Waals surface area (Å²) in [5.74, 6) is 0.294. The van der Waals surface area contributed by atoms with Crippen LogP contribution in [0.1, 0.15) is 82.3 Å². The van der Waals surface area contributed by atoms with Gasteiger partial charge in [0.25, 0.3) is 0 Å². The highest BCUT2D eigenvalue weighted by atomic mass is 16.5. The van der Waals surface area contributed by atoms with Gasteiger partial charge in [-0.1, -0.05) is 57.4 Å². The molecule has 1 saturated heterocycles. The van der Waals surface area contributed by atoms with Gasteiger partial charge in [0.05, 0.1) is 6.10 Å². The van der Waals surface area contributed by atoms with Gasteiger partial charge in [-0.2, -0.15) is 0 Å². The summed E-state index contributed by atoms with van der Waals surface area (Å²) in [4.78, 5) is 12.5. The van der Waals surface area contributed by atoms with E-state index in [0.717, 1.165) is 31.4 Å². The molecule has 2 heteroatoms. The number of Topliss-reactive ketones (excluding diaryl/α,β-unsaturated/α-hetero) is 1. The van der Waals surface area contributed by atoms with Crippen molar-refractivity contribution in [2.75, 3.05) is 6.61 Å². The summed E-state index contributed by atoms with van der Waals surface area (Å²) in [6.07, 6.45) is 10.4. The molecule has 2 nitrogen and oxygen atoms in total. The Morgan fingerprint density at radius 1 is 1.17 bits per heavy atom. The molecule has 0 amide bonds. The first-order valence-electron chi connectivity index (χ1n) is 9.44. The molecular weight excluding hydrogens is 284 g/mol. The Morgan fingerprint density at radius 2 is 1.96 bits per heavy atom. The third-order valence-corrected chi connectivity index (χ3v) is 4.98. The van der Waals surface area contributed by atoms with Crippen molar-refractivity contribution in [3.8, 4) is 0 Å². The molecule has 2 atom stereocenters. The van der Waals surface area contributed by atoms with Gasteiger partial charge in [-0.05, 0) is 43.2 Å². The first-order valence-corrected chi connectivity index (χ1v) is 9.44. The minimum Gasteiger partial charge on any atom is -0.378 e. The molecule has 0 radical (unpaired) electrons. The van der Waals surface area contributed by atoms with Gasteiger partial charge in [0.1, 0.15) is 5.78 Å². The van der Waals surface area contributed by atoms with Crippen LogP contribution in [0.15, 0.2) is 24.3 Å². The van der Waals surface area contributed by atoms with Crippen LogP contribution in [-0.4, -0.2) is 18.5 Å². The highest BCUT2D eigenvalue weighted by Crippen LogP contribution is 2.23. The molecule has 0 aliphatic carbocycles. The average molecular weight is 316 g/mol. The zero-order valence-corrected chi connectivity index (χ0v) is 14.9. The fourth-order valence-electron chi connectivity index (χ4n) is 3.28. The molecule has 1 aliphatic rings. The summed E-state index contributed by atoms with van der Waals surface area (Å²) in [6.45, 7) is 5.09. The normalized spacial score (nSPS) is 19.5. The van der Waals surface area contributed by atoms with Gasteiger partial charge >= 0.3 is 0 Å². The summed E-state index contributed by atoms with van der Waals surface area (Å²) in [7, 11) is 0. The van der Waals surface area contributed by atoms with Crippen LogP contribution in [0.4, 0.5) is 0 Å². The number of aryl methyl sites for hydroxylation is 1. The van der Waals surface area contributed by atoms with Crippen molar-refractivity contribution in [2.45, 2.75) is 83.7 Å². The second-order valence-electron chi connectivity index (χ2n) is 6.93. The third-order valence-electron chi connectivity index (χ3n) is 4.98. The quantitative estimate of drug-likeness (QED) is 0.567. The lowest BCUT2D eigenvalue weighted by Crippen LogP contribution is -2.24. The predicted octanol–water partition coefficient (Wildman–Crippen LogP) is 5.44. The van der Waals surface area contributed by atoms with Gasteiger partial charge in [0.2, 0.25) is 0 Å². The molecule has 128 valence electrons. The summed E-state index contributed by atoms with van der Waals surface area (Å²) < 4.78 is 5.70. The van der Waals surface area contributed by atoms with Crippen molar-refractivity contribution in [1.82, 2.24) is 0 Å². The molecule has 1 aliphatic heterocycles. The largest absolute Gasteiger partial charge is 0.378 e. The zero-order valence-electron chi connectivity index (χ0n) is 14.9. The molecule has 1 aromatic carbocycles. The van der Waals surface area contributed by atoms with Crippen LogP contribution in [0.5, 0.6) is 0 Å². The minimum absolute atomic E-state index is 0.0188. The first kappa shape index (κ1) is 18.2. The molecule has 0 bridgehead atoms. The molecule has 23 heavy (non-hydrogen) atoms. The standard InChI is InChI=1S/C21H32O2/c1-3-4-5-6-9-18-11-13-19(14-12-18)17(2)21(22)16-20-10-7-8-15-23-20/h11-14,17,20H,3-10,15-16H2,1-2H3. The minimum atomic E-state index is -0.0188. The number of unbranched alkanes of at least 4 members (excludes halogenated alkanes) is 3. The molecule has 1 heterocycles. The van der Waals surface area contributed by atoms with Gasteiger partial charge in [0.15, 0.2) is 0 Å². The Kier molecular flexibility index (Phi) is 7.81. The Hall–Kier alpha value is -1.15. The van der Waals surface area contributed by atoms with Crippen LogP contribution in [0.3, 0.4) is 0 Å². The Balaban J connectivity index is 1.81. The van der Waals surface area contributed by atoms with E-state index in [1.54, 1.807) is 0 Å². The Morgan fingerprint density at radius 3 is 2.61 bits per heavy atom. The number of benzene rings is 1. The fraction of sp³-hybridized carbons (Fsp3) is 0.667. The van der Waals surface area contributed by atoms with E-state index < -0.39 is 0 Å². The van der Waals surface area contributed by atoms with E-state index in [2.05, 4.69) is 31.2 Å². The van der Waals surface area contributed by atoms with Crippen LogP contribution in [-0.2, 0) is 16.0 Å². The summed E-state index contributed by atoms with van der Waals surface area (Å²) in [5.41, 5.74) is 2.53. The monoisotopic (exact) mass is 316 g/mol. The maximum atomic E-state index is 12.5. The van der Waals surface area contributed by atoms with Crippen LogP contribution in [0, 0.1) is 0 Å². The van der Waals surface area contributed by atoms with Crippen molar-refractivity contribution in [3.63, 3.8) is 0 Å². The number of carbonyl (C=O) groups excluding carboxylic acids is 1. The van der Waals surface area contributed by atoms with Crippen LogP contribution >= 0.6 is 0 Å². The lowest BCUT2D eigenvalue weighted by molar-refractivity contribution is -0.123. The van der Waals surface area contributed by atoms with Crippen LogP contribution < -0.4 is 0 Å². The summed E-state index contributed by atoms with van der Waals surface area (Å²) >= 11 is 0. The second kappa shape index (κ2) is 9.87. The molecular formula is C21H32O2. The van der Waals surface area contributed by atoms with Crippen molar-refractivity contribution >= 4 is 5.78 Å². The number of rotatable bonds is 9. The topological polar surface area (TPSA) is 26.3 Å². The summed E-state index contributed by atoms with van der Waals surface area (Å²) in [6, 6.07) is 8.67. The number of ketones is 1. The summed E-state index contributed by atoms with van der Waals surface area (Å²) in [5, 5.41) is 0. The smallest absolute Gasteiger partial charge is 0.142 e. The maximum Gasteiger partial charge on any atom is 0.142 e. The van der Waals surface area contributed by atoms with Gasteiger partial charge in [-0.25, -0.2) is 0 Å². The van der Waals surface area contributed by atoms with E-state index in [0.29, 0.717) is 12.2 Å². The second-order valence-corrected chi connectivity index (χ2v) is 6.93. The number of ether oxygens (including phenoxy) is 1. The lowest BCUT2D eigenvalue weighted by Gasteiger charge is -2.23. The van der Waals surface area contributed by atoms with Crippen molar-refractivity contribution < 1.29 is 9.53 Å². The lowest BCUT2D eigenvalue weighted by atomic mass is 9.91. The van der Waals surface area contributed by atoms with Crippen LogP contribution in [0.25, 0.3) is 0 Å². The molecule has 2 rings (SSSR count). The van der Waals surface area contributed by atoms with Crippen molar-refractivity contribution in [2.24, 2.45) is 0 Å². The van der Waals surface area contributed by atoms with E-state index in [1.165, 1.54) is 37.7 Å². The van der Waals surface area contributed by atoms with E-state index in [4.69, 9.17) is 4.74 Å². The number of hydrogen-bond donors (Lipinski definition) is 0. The van der Waals surface area contributed by atoms with E-state index >= 15 is 0 Å². The Labute approximate surface area is 141 Å². The van der Waals surface area contributed by atoms with Gasteiger partial charge in [0, 0.05) is 18.9 Å². The maximum absolute atomic E-state index is 12.5. The SMILES string of the molecule is CCCCCCc1ccc(C(C)C(=O)CC2CCCCO2)cc1. The van der Waals surface area contributed by atoms with E-state index in [9.17, 15) is 4.79 Å². The Bertz CT molecular complexity index is 457. The van der Waals surface area contributed by atoms with Gasteiger partial charge in [-0.15, -0.1) is 0 Å². The number of carbonyl (C=O) groups is 1. The van der Waals surface area contributed by atoms with Crippen molar-refractivity contribution in [3.05, 3.63) is 35.4 Å². The molecule has 0 saturated carbocycles. The third kappa shape index (κ3) is 6.10. The zero-order chi connectivity index (χ0) is 16.5.